The Hall–Kier alpha value is -3.15. The van der Waals surface area contributed by atoms with Gasteiger partial charge in [-0.05, 0) is 96.3 Å². The molecule has 6 nitrogen and oxygen atoms in total. The van der Waals surface area contributed by atoms with Gasteiger partial charge in [0.2, 0.25) is 0 Å². The first-order chi connectivity index (χ1) is 31.5. The van der Waals surface area contributed by atoms with Gasteiger partial charge in [-0.15, -0.1) is 0 Å². The summed E-state index contributed by atoms with van der Waals surface area (Å²) in [5.41, 5.74) is 0. The van der Waals surface area contributed by atoms with E-state index in [9.17, 15) is 14.4 Å². The van der Waals surface area contributed by atoms with Crippen LogP contribution in [0.15, 0.2) is 72.9 Å². The Morgan fingerprint density at radius 1 is 0.328 bits per heavy atom. The molecule has 0 aromatic heterocycles. The van der Waals surface area contributed by atoms with Crippen LogP contribution in [0.25, 0.3) is 0 Å². The van der Waals surface area contributed by atoms with E-state index < -0.39 is 6.10 Å². The van der Waals surface area contributed by atoms with E-state index in [1.165, 1.54) is 128 Å². The fraction of sp³-hybridized carbons (Fsp3) is 0.741. The van der Waals surface area contributed by atoms with Crippen LogP contribution >= 0.6 is 0 Å². The summed E-state index contributed by atoms with van der Waals surface area (Å²) in [6.07, 6.45) is 66.1. The highest BCUT2D eigenvalue weighted by molar-refractivity contribution is 5.71. The standard InChI is InChI=1S/C58H100O6/c1-4-7-10-13-16-19-22-25-27-29-31-33-36-39-42-45-48-51-57(60)63-54-55(53-62-56(59)50-47-44-41-38-35-32-24-21-18-15-12-9-6-3)64-58(61)52-49-46-43-40-37-34-30-28-26-23-20-17-14-11-8-5-2/h8,11,17,20,25-28,32,35,41,44,55H,4-7,9-10,12-16,18-19,21-24,29-31,33-34,36-40,42-43,45-54H2,1-3H3/b11-8-,20-17-,27-25-,28-26-,35-32-,44-41-. The minimum absolute atomic E-state index is 0.0999. The SMILES string of the molecule is CC/C=C\C/C=C\C/C=C\CCCCCCCCC(=O)OC(COC(=O)CC/C=C\C/C=C\CCCCCCCC)COC(=O)CCCCCCCCC/C=C\CCCCCCCC. The van der Waals surface area contributed by atoms with Crippen molar-refractivity contribution in [1.29, 1.82) is 0 Å². The fourth-order valence-electron chi connectivity index (χ4n) is 7.39. The zero-order chi connectivity index (χ0) is 46.5. The van der Waals surface area contributed by atoms with Crippen molar-refractivity contribution in [2.24, 2.45) is 0 Å². The number of allylic oxidation sites excluding steroid dienone is 12. The molecule has 6 heteroatoms. The summed E-state index contributed by atoms with van der Waals surface area (Å²) in [4.78, 5) is 38.0. The van der Waals surface area contributed by atoms with Gasteiger partial charge in [-0.3, -0.25) is 14.4 Å². The number of carbonyl (C=O) groups excluding carboxylic acids is 3. The van der Waals surface area contributed by atoms with Crippen molar-refractivity contribution in [3.63, 3.8) is 0 Å². The lowest BCUT2D eigenvalue weighted by atomic mass is 10.1. The number of carbonyl (C=O) groups is 3. The first-order valence-electron chi connectivity index (χ1n) is 26.9. The lowest BCUT2D eigenvalue weighted by Gasteiger charge is -2.18. The van der Waals surface area contributed by atoms with Crippen LogP contribution in [0.3, 0.4) is 0 Å². The molecule has 0 bridgehead atoms. The number of unbranched alkanes of at least 4 members (excludes halogenated alkanes) is 25. The normalized spacial score (nSPS) is 12.6. The lowest BCUT2D eigenvalue weighted by Crippen LogP contribution is -2.30. The van der Waals surface area contributed by atoms with Gasteiger partial charge in [0, 0.05) is 19.3 Å². The third-order valence-electron chi connectivity index (χ3n) is 11.4. The van der Waals surface area contributed by atoms with Gasteiger partial charge in [0.05, 0.1) is 0 Å². The largest absolute Gasteiger partial charge is 0.462 e. The summed E-state index contributed by atoms with van der Waals surface area (Å²) < 4.78 is 16.8. The second-order valence-corrected chi connectivity index (χ2v) is 17.7. The first kappa shape index (κ1) is 60.9. The molecule has 0 radical (unpaired) electrons. The molecule has 0 N–H and O–H groups in total. The molecule has 0 aliphatic rings. The van der Waals surface area contributed by atoms with E-state index in [-0.39, 0.29) is 37.5 Å². The summed E-state index contributed by atoms with van der Waals surface area (Å²) in [5, 5.41) is 0. The highest BCUT2D eigenvalue weighted by Gasteiger charge is 2.19. The van der Waals surface area contributed by atoms with E-state index >= 15 is 0 Å². The number of hydrogen-bond acceptors (Lipinski definition) is 6. The van der Waals surface area contributed by atoms with Gasteiger partial charge < -0.3 is 14.2 Å². The van der Waals surface area contributed by atoms with Crippen LogP contribution in [-0.2, 0) is 28.6 Å². The van der Waals surface area contributed by atoms with Crippen molar-refractivity contribution in [2.75, 3.05) is 13.2 Å². The molecule has 0 amide bonds. The van der Waals surface area contributed by atoms with Crippen LogP contribution in [0.5, 0.6) is 0 Å². The third kappa shape index (κ3) is 49.9. The number of hydrogen-bond donors (Lipinski definition) is 0. The summed E-state index contributed by atoms with van der Waals surface area (Å²) in [7, 11) is 0. The van der Waals surface area contributed by atoms with E-state index in [0.29, 0.717) is 19.3 Å². The van der Waals surface area contributed by atoms with E-state index in [1.54, 1.807) is 0 Å². The van der Waals surface area contributed by atoms with Gasteiger partial charge in [-0.2, -0.15) is 0 Å². The van der Waals surface area contributed by atoms with Crippen molar-refractivity contribution in [3.05, 3.63) is 72.9 Å². The summed E-state index contributed by atoms with van der Waals surface area (Å²) in [6.45, 7) is 6.46. The van der Waals surface area contributed by atoms with Crippen molar-refractivity contribution in [3.8, 4) is 0 Å². The lowest BCUT2D eigenvalue weighted by molar-refractivity contribution is -0.166. The smallest absolute Gasteiger partial charge is 0.306 e. The quantitative estimate of drug-likeness (QED) is 0.0262. The molecule has 0 heterocycles. The van der Waals surface area contributed by atoms with Crippen LogP contribution in [0.2, 0.25) is 0 Å². The molecule has 368 valence electrons. The second kappa shape index (κ2) is 52.5. The van der Waals surface area contributed by atoms with Gasteiger partial charge in [0.25, 0.3) is 0 Å². The highest BCUT2D eigenvalue weighted by Crippen LogP contribution is 2.14. The molecule has 64 heavy (non-hydrogen) atoms. The fourth-order valence-corrected chi connectivity index (χ4v) is 7.39. The Bertz CT molecular complexity index is 1210. The predicted octanol–water partition coefficient (Wildman–Crippen LogP) is 17.8. The van der Waals surface area contributed by atoms with Crippen LogP contribution in [-0.4, -0.2) is 37.2 Å². The maximum absolute atomic E-state index is 12.8. The van der Waals surface area contributed by atoms with E-state index in [4.69, 9.17) is 14.2 Å². The van der Waals surface area contributed by atoms with Crippen LogP contribution in [0.4, 0.5) is 0 Å². The van der Waals surface area contributed by atoms with Gasteiger partial charge in [0.15, 0.2) is 6.10 Å². The number of esters is 3. The van der Waals surface area contributed by atoms with Crippen LogP contribution < -0.4 is 0 Å². The van der Waals surface area contributed by atoms with Crippen molar-refractivity contribution < 1.29 is 28.6 Å². The monoisotopic (exact) mass is 893 g/mol. The zero-order valence-corrected chi connectivity index (χ0v) is 42.0. The number of rotatable bonds is 48. The molecule has 0 fully saturated rings. The van der Waals surface area contributed by atoms with Crippen LogP contribution in [0, 0.1) is 0 Å². The summed E-state index contributed by atoms with van der Waals surface area (Å²) in [6, 6.07) is 0. The Balaban J connectivity index is 4.45. The third-order valence-corrected chi connectivity index (χ3v) is 11.4. The molecule has 0 rings (SSSR count). The molecule has 0 spiro atoms. The molecule has 0 saturated carbocycles. The van der Waals surface area contributed by atoms with E-state index in [0.717, 1.165) is 83.5 Å². The van der Waals surface area contributed by atoms with Gasteiger partial charge in [0.1, 0.15) is 13.2 Å². The minimum atomic E-state index is -0.806. The molecule has 0 aliphatic carbocycles. The van der Waals surface area contributed by atoms with Crippen molar-refractivity contribution in [2.45, 2.75) is 264 Å². The van der Waals surface area contributed by atoms with E-state index in [1.807, 2.05) is 6.08 Å². The average molecular weight is 893 g/mol. The molecule has 0 aromatic rings. The zero-order valence-electron chi connectivity index (χ0n) is 42.0. The maximum atomic E-state index is 12.8. The molecular weight excluding hydrogens is 793 g/mol. The summed E-state index contributed by atoms with van der Waals surface area (Å²) >= 11 is 0. The van der Waals surface area contributed by atoms with E-state index in [2.05, 4.69) is 87.6 Å². The Morgan fingerprint density at radius 3 is 1.06 bits per heavy atom. The Labute approximate surface area is 395 Å². The highest BCUT2D eigenvalue weighted by atomic mass is 16.6. The first-order valence-corrected chi connectivity index (χ1v) is 26.9. The molecule has 0 aromatic carbocycles. The van der Waals surface area contributed by atoms with Crippen molar-refractivity contribution >= 4 is 17.9 Å². The average Bonchev–Trinajstić information content (AvgIpc) is 3.29. The van der Waals surface area contributed by atoms with Crippen molar-refractivity contribution in [1.82, 2.24) is 0 Å². The maximum Gasteiger partial charge on any atom is 0.306 e. The Kier molecular flexibility index (Phi) is 49.9. The Morgan fingerprint density at radius 2 is 0.641 bits per heavy atom. The molecule has 1 atom stereocenters. The second-order valence-electron chi connectivity index (χ2n) is 17.7. The molecule has 1 unspecified atom stereocenters. The molecular formula is C58H100O6. The van der Waals surface area contributed by atoms with Gasteiger partial charge in [-0.1, -0.05) is 216 Å². The molecule has 0 saturated heterocycles. The predicted molar refractivity (Wildman–Crippen MR) is 274 cm³/mol. The van der Waals surface area contributed by atoms with Gasteiger partial charge in [-0.25, -0.2) is 0 Å². The summed E-state index contributed by atoms with van der Waals surface area (Å²) in [5.74, 6) is -0.984. The molecule has 0 aliphatic heterocycles. The van der Waals surface area contributed by atoms with Crippen LogP contribution in [0.1, 0.15) is 258 Å². The minimum Gasteiger partial charge on any atom is -0.462 e. The number of ether oxygens (including phenoxy) is 3. The van der Waals surface area contributed by atoms with Gasteiger partial charge >= 0.3 is 17.9 Å². The topological polar surface area (TPSA) is 78.9 Å².